The molecule has 0 heterocycles. The normalized spacial score (nSPS) is 11.0. The second kappa shape index (κ2) is 9.86. The smallest absolute Gasteiger partial charge is 0.159 e. The molecule has 0 aliphatic carbocycles. The van der Waals surface area contributed by atoms with Gasteiger partial charge >= 0.3 is 0 Å². The molecule has 0 spiro atoms. The van der Waals surface area contributed by atoms with Gasteiger partial charge in [-0.25, -0.2) is 0 Å². The van der Waals surface area contributed by atoms with Gasteiger partial charge in [-0.2, -0.15) is 0 Å². The molecule has 0 amide bonds. The van der Waals surface area contributed by atoms with Crippen LogP contribution < -0.4 is 0 Å². The molecule has 0 aromatic carbocycles. The first-order valence-corrected chi connectivity index (χ1v) is 5.21. The Morgan fingerprint density at radius 2 is 1.62 bits per heavy atom. The maximum atomic E-state index is 8.68. The Kier molecular flexibility index (Phi) is 11.6. The maximum Gasteiger partial charge on any atom is 0.159 e. The van der Waals surface area contributed by atoms with Gasteiger partial charge in [0.2, 0.25) is 0 Å². The number of thiocarbonyl (C=S) groups is 2. The van der Waals surface area contributed by atoms with Crippen LogP contribution in [0.4, 0.5) is 0 Å². The van der Waals surface area contributed by atoms with Crippen LogP contribution in [0.15, 0.2) is 0 Å². The molecule has 2 N–H and O–H groups in total. The first kappa shape index (κ1) is 15.3. The fraction of sp³-hybridized carbons (Fsp3) is 0.778. The van der Waals surface area contributed by atoms with E-state index in [0.29, 0.717) is 6.42 Å². The first-order valence-electron chi connectivity index (χ1n) is 4.40. The monoisotopic (exact) mass is 222 g/mol. The number of rotatable bonds is 4. The van der Waals surface area contributed by atoms with Crippen LogP contribution in [-0.4, -0.2) is 20.3 Å². The molecule has 0 aliphatic heterocycles. The Hall–Kier alpha value is -0.220. The lowest BCUT2D eigenvalue weighted by molar-refractivity contribution is 0.493. The third-order valence-electron chi connectivity index (χ3n) is 1.45. The Morgan fingerprint density at radius 3 is 1.69 bits per heavy atom. The molecule has 1 atom stereocenters. The van der Waals surface area contributed by atoms with Crippen molar-refractivity contribution in [2.45, 2.75) is 40.0 Å². The van der Waals surface area contributed by atoms with Crippen LogP contribution in [0.3, 0.4) is 0 Å². The van der Waals surface area contributed by atoms with Crippen molar-refractivity contribution >= 4 is 34.5 Å². The third kappa shape index (κ3) is 14.6. The van der Waals surface area contributed by atoms with Gasteiger partial charge in [0.15, 0.2) is 10.1 Å². The second-order valence-electron chi connectivity index (χ2n) is 2.78. The number of aliphatic hydroxyl groups excluding tert-OH is 2. The minimum Gasteiger partial charge on any atom is -0.502 e. The number of hydrogen-bond donors (Lipinski definition) is 2. The van der Waals surface area contributed by atoms with E-state index in [-0.39, 0.29) is 16.0 Å². The van der Waals surface area contributed by atoms with Gasteiger partial charge in [-0.05, 0) is 30.9 Å². The van der Waals surface area contributed by atoms with Crippen molar-refractivity contribution in [1.29, 1.82) is 0 Å². The summed E-state index contributed by atoms with van der Waals surface area (Å²) in [5.41, 5.74) is 0. The quantitative estimate of drug-likeness (QED) is 0.713. The summed E-state index contributed by atoms with van der Waals surface area (Å²) < 4.78 is 0. The minimum atomic E-state index is 0.0880. The maximum absolute atomic E-state index is 8.68. The molecule has 0 fully saturated rings. The van der Waals surface area contributed by atoms with Gasteiger partial charge < -0.3 is 10.2 Å². The molecule has 0 rings (SSSR count). The van der Waals surface area contributed by atoms with Crippen molar-refractivity contribution in [3.05, 3.63) is 0 Å². The highest BCUT2D eigenvalue weighted by Crippen LogP contribution is 2.04. The molecule has 0 radical (unpaired) electrons. The van der Waals surface area contributed by atoms with E-state index in [1.165, 1.54) is 0 Å². The van der Waals surface area contributed by atoms with Crippen LogP contribution >= 0.6 is 24.4 Å². The van der Waals surface area contributed by atoms with E-state index in [4.69, 9.17) is 10.2 Å². The van der Waals surface area contributed by atoms with E-state index >= 15 is 0 Å². The second-order valence-corrected chi connectivity index (χ2v) is 3.66. The standard InChI is InChI=1S/C6H12OS.C3H6OS/c1-3-4-5(2)6(7)8;1-2-3(4)5/h5H,3-4H2,1-2H3,(H,7,8);2H2,1H3,(H,4,5). The summed E-state index contributed by atoms with van der Waals surface area (Å²) in [6.07, 6.45) is 2.67. The van der Waals surface area contributed by atoms with Gasteiger partial charge in [-0.3, -0.25) is 0 Å². The van der Waals surface area contributed by atoms with Crippen LogP contribution in [0.25, 0.3) is 0 Å². The summed E-state index contributed by atoms with van der Waals surface area (Å²) >= 11 is 8.79. The van der Waals surface area contributed by atoms with Gasteiger partial charge in [-0.1, -0.05) is 27.2 Å². The highest BCUT2D eigenvalue weighted by Gasteiger charge is 2.02. The average Bonchev–Trinajstić information content (AvgIpc) is 2.06. The topological polar surface area (TPSA) is 40.5 Å². The van der Waals surface area contributed by atoms with Crippen LogP contribution in [0.5, 0.6) is 0 Å². The predicted octanol–water partition coefficient (Wildman–Crippen LogP) is 3.59. The Labute approximate surface area is 91.0 Å². The average molecular weight is 222 g/mol. The van der Waals surface area contributed by atoms with Gasteiger partial charge in [-0.15, -0.1) is 0 Å². The molecule has 0 aromatic rings. The fourth-order valence-corrected chi connectivity index (χ4v) is 0.674. The zero-order valence-electron chi connectivity index (χ0n) is 8.41. The van der Waals surface area contributed by atoms with Crippen molar-refractivity contribution in [3.63, 3.8) is 0 Å². The number of aliphatic hydroxyl groups is 2. The third-order valence-corrected chi connectivity index (χ3v) is 2.14. The molecule has 1 unspecified atom stereocenters. The molecule has 78 valence electrons. The van der Waals surface area contributed by atoms with E-state index in [0.717, 1.165) is 12.8 Å². The highest BCUT2D eigenvalue weighted by molar-refractivity contribution is 7.80. The fourth-order valence-electron chi connectivity index (χ4n) is 0.556. The van der Waals surface area contributed by atoms with Crippen molar-refractivity contribution in [2.75, 3.05) is 0 Å². The lowest BCUT2D eigenvalue weighted by atomic mass is 10.1. The van der Waals surface area contributed by atoms with Crippen LogP contribution in [-0.2, 0) is 0 Å². The zero-order chi connectivity index (χ0) is 10.9. The molecule has 4 heteroatoms. The Morgan fingerprint density at radius 1 is 1.23 bits per heavy atom. The predicted molar refractivity (Wildman–Crippen MR) is 64.8 cm³/mol. The lowest BCUT2D eigenvalue weighted by Crippen LogP contribution is -2.05. The molecule has 2 nitrogen and oxygen atoms in total. The van der Waals surface area contributed by atoms with E-state index in [1.807, 2.05) is 13.8 Å². The van der Waals surface area contributed by atoms with Crippen molar-refractivity contribution in [3.8, 4) is 0 Å². The molecular formula is C9H18O2S2. The summed E-state index contributed by atoms with van der Waals surface area (Å²) in [4.78, 5) is 0. The zero-order valence-corrected chi connectivity index (χ0v) is 10.0. The van der Waals surface area contributed by atoms with Gasteiger partial charge in [0.1, 0.15) is 0 Å². The van der Waals surface area contributed by atoms with E-state index in [2.05, 4.69) is 31.4 Å². The van der Waals surface area contributed by atoms with Crippen LogP contribution in [0.2, 0.25) is 0 Å². The summed E-state index contributed by atoms with van der Waals surface area (Å²) in [7, 11) is 0. The Bertz CT molecular complexity index is 158. The highest BCUT2D eigenvalue weighted by atomic mass is 32.1. The number of hydrogen-bond acceptors (Lipinski definition) is 2. The summed E-state index contributed by atoms with van der Waals surface area (Å²) in [6.45, 7) is 5.82. The molecule has 13 heavy (non-hydrogen) atoms. The molecule has 0 saturated heterocycles. The first-order chi connectivity index (χ1) is 5.95. The van der Waals surface area contributed by atoms with Crippen molar-refractivity contribution < 1.29 is 10.2 Å². The molecule has 0 aliphatic rings. The van der Waals surface area contributed by atoms with Gasteiger partial charge in [0.05, 0.1) is 0 Å². The van der Waals surface area contributed by atoms with Crippen molar-refractivity contribution in [2.24, 2.45) is 5.92 Å². The van der Waals surface area contributed by atoms with E-state index < -0.39 is 0 Å². The summed E-state index contributed by atoms with van der Waals surface area (Å²) in [5.74, 6) is 0.204. The molecule has 0 bridgehead atoms. The lowest BCUT2D eigenvalue weighted by Gasteiger charge is -2.03. The van der Waals surface area contributed by atoms with E-state index in [9.17, 15) is 0 Å². The van der Waals surface area contributed by atoms with Crippen LogP contribution in [0, 0.1) is 5.92 Å². The van der Waals surface area contributed by atoms with Crippen molar-refractivity contribution in [1.82, 2.24) is 0 Å². The Balaban J connectivity index is 0. The summed E-state index contributed by atoms with van der Waals surface area (Å²) in [5, 5.41) is 17.0. The largest absolute Gasteiger partial charge is 0.502 e. The van der Waals surface area contributed by atoms with Gasteiger partial charge in [0, 0.05) is 12.3 Å². The molecule has 0 aromatic heterocycles. The summed E-state index contributed by atoms with van der Waals surface area (Å²) in [6, 6.07) is 0. The molecule has 0 saturated carbocycles. The van der Waals surface area contributed by atoms with Crippen LogP contribution in [0.1, 0.15) is 40.0 Å². The van der Waals surface area contributed by atoms with E-state index in [1.54, 1.807) is 0 Å². The van der Waals surface area contributed by atoms with Gasteiger partial charge in [0.25, 0.3) is 0 Å². The molecular weight excluding hydrogens is 204 g/mol. The minimum absolute atomic E-state index is 0.0880. The SMILES string of the molecule is CCC(O)=S.CCCC(C)C(O)=S.